The summed E-state index contributed by atoms with van der Waals surface area (Å²) < 4.78 is 13.5. The highest BCUT2D eigenvalue weighted by molar-refractivity contribution is 5.93. The number of amides is 1. The Bertz CT molecular complexity index is 721. The van der Waals surface area contributed by atoms with Crippen LogP contribution in [-0.2, 0) is 20.8 Å². The van der Waals surface area contributed by atoms with E-state index in [1.165, 1.54) is 0 Å². The van der Waals surface area contributed by atoms with Crippen molar-refractivity contribution in [2.45, 2.75) is 65.4 Å². The lowest BCUT2D eigenvalue weighted by molar-refractivity contribution is -0.121. The Balaban J connectivity index is 1.75. The Hall–Kier alpha value is -1.88. The van der Waals surface area contributed by atoms with Gasteiger partial charge in [0.2, 0.25) is 5.91 Å². The molecule has 1 aromatic heterocycles. The molecule has 1 aromatic rings. The van der Waals surface area contributed by atoms with Gasteiger partial charge in [-0.05, 0) is 46.1 Å². The van der Waals surface area contributed by atoms with E-state index >= 15 is 0 Å². The third-order valence-corrected chi connectivity index (χ3v) is 5.47. The Morgan fingerprint density at radius 1 is 1.30 bits per heavy atom. The van der Waals surface area contributed by atoms with Crippen molar-refractivity contribution in [2.24, 2.45) is 0 Å². The Kier molecular flexibility index (Phi) is 6.20. The fraction of sp³-hybridized carbons (Fsp3) is 0.700. The van der Waals surface area contributed by atoms with Gasteiger partial charge in [0.15, 0.2) is 0 Å². The third-order valence-electron chi connectivity index (χ3n) is 5.47. The summed E-state index contributed by atoms with van der Waals surface area (Å²) in [5.74, 6) is 0.501. The first-order valence-electron chi connectivity index (χ1n) is 9.78. The summed E-state index contributed by atoms with van der Waals surface area (Å²) >= 11 is 0. The molecule has 0 aliphatic carbocycles. The van der Waals surface area contributed by atoms with Gasteiger partial charge in [0.25, 0.3) is 0 Å². The highest BCUT2D eigenvalue weighted by Crippen LogP contribution is 2.28. The topological polar surface area (TPSA) is 79.5 Å². The molecular weight excluding hydrogens is 344 g/mol. The smallest absolute Gasteiger partial charge is 0.239 e. The molecule has 27 heavy (non-hydrogen) atoms. The van der Waals surface area contributed by atoms with Crippen LogP contribution in [0, 0.1) is 25.2 Å². The van der Waals surface area contributed by atoms with Crippen molar-refractivity contribution in [3.05, 3.63) is 16.8 Å². The summed E-state index contributed by atoms with van der Waals surface area (Å²) in [5, 5.41) is 12.6. The number of aromatic nitrogens is 1. The molecule has 2 fully saturated rings. The maximum atomic E-state index is 12.7. The van der Waals surface area contributed by atoms with E-state index in [1.54, 1.807) is 0 Å². The van der Waals surface area contributed by atoms with Gasteiger partial charge < -0.3 is 19.4 Å². The van der Waals surface area contributed by atoms with Gasteiger partial charge in [-0.3, -0.25) is 9.69 Å². The Morgan fingerprint density at radius 2 is 2.00 bits per heavy atom. The summed E-state index contributed by atoms with van der Waals surface area (Å²) in [5.41, 5.74) is 2.47. The highest BCUT2D eigenvalue weighted by Gasteiger charge is 2.26. The summed E-state index contributed by atoms with van der Waals surface area (Å²) in [4.78, 5) is 14.8. The molecule has 7 heteroatoms. The van der Waals surface area contributed by atoms with Crippen molar-refractivity contribution in [1.29, 1.82) is 5.26 Å². The average Bonchev–Trinajstić information content (AvgIpc) is 3.17. The van der Waals surface area contributed by atoms with Crippen molar-refractivity contribution >= 4 is 11.7 Å². The van der Waals surface area contributed by atoms with Crippen LogP contribution < -0.4 is 5.32 Å². The fourth-order valence-electron chi connectivity index (χ4n) is 4.14. The summed E-state index contributed by atoms with van der Waals surface area (Å²) in [6.45, 7) is 11.2. The number of nitriles is 1. The van der Waals surface area contributed by atoms with Gasteiger partial charge in [-0.2, -0.15) is 5.26 Å². The van der Waals surface area contributed by atoms with Gasteiger partial charge in [0.05, 0.1) is 37.0 Å². The zero-order chi connectivity index (χ0) is 19.6. The molecule has 148 valence electrons. The second-order valence-corrected chi connectivity index (χ2v) is 7.79. The average molecular weight is 374 g/mol. The van der Waals surface area contributed by atoms with Crippen LogP contribution in [0.4, 0.5) is 5.82 Å². The minimum atomic E-state index is -0.0982. The minimum Gasteiger partial charge on any atom is -0.376 e. The fourth-order valence-corrected chi connectivity index (χ4v) is 4.14. The number of anilines is 1. The number of morpholine rings is 1. The molecule has 7 nitrogen and oxygen atoms in total. The zero-order valence-electron chi connectivity index (χ0n) is 16.7. The van der Waals surface area contributed by atoms with Crippen LogP contribution in [0.2, 0.25) is 0 Å². The van der Waals surface area contributed by atoms with Crippen LogP contribution in [0.1, 0.15) is 43.5 Å². The molecule has 3 atom stereocenters. The van der Waals surface area contributed by atoms with Crippen molar-refractivity contribution in [3.63, 3.8) is 0 Å². The number of rotatable bonds is 5. The number of nitrogens with one attached hydrogen (secondary N) is 1. The molecule has 1 amide bonds. The minimum absolute atomic E-state index is 0.0982. The molecule has 0 unspecified atom stereocenters. The van der Waals surface area contributed by atoms with Gasteiger partial charge in [-0.25, -0.2) is 0 Å². The van der Waals surface area contributed by atoms with E-state index in [2.05, 4.69) is 16.3 Å². The van der Waals surface area contributed by atoms with E-state index in [0.717, 1.165) is 43.8 Å². The summed E-state index contributed by atoms with van der Waals surface area (Å²) in [7, 11) is 0. The quantitative estimate of drug-likeness (QED) is 0.855. The molecule has 1 N–H and O–H groups in total. The van der Waals surface area contributed by atoms with Crippen molar-refractivity contribution in [1.82, 2.24) is 9.47 Å². The summed E-state index contributed by atoms with van der Waals surface area (Å²) in [6.07, 6.45) is 2.44. The second-order valence-electron chi connectivity index (χ2n) is 7.79. The summed E-state index contributed by atoms with van der Waals surface area (Å²) in [6, 6.07) is 2.26. The predicted molar refractivity (Wildman–Crippen MR) is 103 cm³/mol. The third kappa shape index (κ3) is 4.52. The number of nitrogens with zero attached hydrogens (tertiary/aromatic N) is 3. The molecule has 3 heterocycles. The van der Waals surface area contributed by atoms with Crippen molar-refractivity contribution < 1.29 is 14.3 Å². The maximum Gasteiger partial charge on any atom is 0.239 e. The van der Waals surface area contributed by atoms with Crippen molar-refractivity contribution in [3.8, 4) is 6.07 Å². The SMILES string of the molecule is Cc1c(C#N)c(NC(=O)CN2C[C@H](C)O[C@@H](C)C2)n(C[C@@H]2CCCO2)c1C. The van der Waals surface area contributed by atoms with Gasteiger partial charge >= 0.3 is 0 Å². The lowest BCUT2D eigenvalue weighted by Crippen LogP contribution is -2.48. The van der Waals surface area contributed by atoms with E-state index < -0.39 is 0 Å². The molecule has 0 saturated carbocycles. The number of carbonyl (C=O) groups is 1. The van der Waals surface area contributed by atoms with Crippen LogP contribution in [-0.4, -0.2) is 59.9 Å². The predicted octanol–water partition coefficient (Wildman–Crippen LogP) is 2.20. The van der Waals surface area contributed by atoms with Gasteiger partial charge in [-0.15, -0.1) is 0 Å². The van der Waals surface area contributed by atoms with E-state index in [-0.39, 0.29) is 24.2 Å². The molecule has 2 aliphatic heterocycles. The van der Waals surface area contributed by atoms with Crippen molar-refractivity contribution in [2.75, 3.05) is 31.6 Å². The van der Waals surface area contributed by atoms with Gasteiger partial charge in [-0.1, -0.05) is 0 Å². The highest BCUT2D eigenvalue weighted by atomic mass is 16.5. The first-order valence-corrected chi connectivity index (χ1v) is 9.78. The molecule has 2 aliphatic rings. The Morgan fingerprint density at radius 3 is 2.59 bits per heavy atom. The monoisotopic (exact) mass is 374 g/mol. The van der Waals surface area contributed by atoms with Gasteiger partial charge in [0, 0.05) is 25.4 Å². The molecule has 0 spiro atoms. The molecule has 0 bridgehead atoms. The van der Waals surface area contributed by atoms with E-state index in [1.807, 2.05) is 32.3 Å². The molecule has 2 saturated heterocycles. The number of hydrogen-bond donors (Lipinski definition) is 1. The number of ether oxygens (including phenoxy) is 2. The van der Waals surface area contributed by atoms with E-state index in [9.17, 15) is 10.1 Å². The molecule has 0 aromatic carbocycles. The maximum absolute atomic E-state index is 12.7. The van der Waals surface area contributed by atoms with E-state index in [4.69, 9.17) is 9.47 Å². The Labute approximate surface area is 161 Å². The lowest BCUT2D eigenvalue weighted by Gasteiger charge is -2.34. The standard InChI is InChI=1S/C20H30N4O3/c1-13-9-23(10-14(2)27-13)12-19(25)22-20-18(8-21)15(3)16(4)24(20)11-17-6-5-7-26-17/h13-14,17H,5-7,9-12H2,1-4H3,(H,22,25)/t13-,14-,17-/m0/s1. The van der Waals surface area contributed by atoms with E-state index in [0.29, 0.717) is 24.5 Å². The van der Waals surface area contributed by atoms with Crippen LogP contribution in [0.5, 0.6) is 0 Å². The zero-order valence-corrected chi connectivity index (χ0v) is 16.7. The van der Waals surface area contributed by atoms with Crippen LogP contribution in [0.25, 0.3) is 0 Å². The largest absolute Gasteiger partial charge is 0.376 e. The first-order chi connectivity index (χ1) is 12.9. The van der Waals surface area contributed by atoms with Crippen LogP contribution in [0.3, 0.4) is 0 Å². The molecule has 0 radical (unpaired) electrons. The normalized spacial score (nSPS) is 26.1. The lowest BCUT2D eigenvalue weighted by atomic mass is 10.2. The molecular formula is C20H30N4O3. The first kappa shape index (κ1) is 19.9. The second kappa shape index (κ2) is 8.42. The van der Waals surface area contributed by atoms with Gasteiger partial charge in [0.1, 0.15) is 11.9 Å². The molecule has 3 rings (SSSR count). The van der Waals surface area contributed by atoms with Crippen LogP contribution >= 0.6 is 0 Å². The van der Waals surface area contributed by atoms with Crippen LogP contribution in [0.15, 0.2) is 0 Å². The number of hydrogen-bond acceptors (Lipinski definition) is 5. The number of carbonyl (C=O) groups excluding carboxylic acids is 1.